The molecule has 11 heteroatoms. The van der Waals surface area contributed by atoms with Crippen molar-refractivity contribution in [3.8, 4) is 28.5 Å². The minimum absolute atomic E-state index is 0.00113. The van der Waals surface area contributed by atoms with Gasteiger partial charge in [-0.2, -0.15) is 5.10 Å². The maximum absolute atomic E-state index is 13.6. The Balaban J connectivity index is 1.50. The van der Waals surface area contributed by atoms with Crippen LogP contribution in [-0.2, 0) is 16.3 Å². The molecule has 4 aromatic rings. The quantitative estimate of drug-likeness (QED) is 0.326. The van der Waals surface area contributed by atoms with E-state index in [0.717, 1.165) is 11.1 Å². The summed E-state index contributed by atoms with van der Waals surface area (Å²) >= 11 is 0. The highest BCUT2D eigenvalue weighted by Gasteiger charge is 2.32. The molecule has 1 amide bonds. The van der Waals surface area contributed by atoms with Crippen molar-refractivity contribution in [2.24, 2.45) is 0 Å². The van der Waals surface area contributed by atoms with Gasteiger partial charge in [-0.3, -0.25) is 4.79 Å². The van der Waals surface area contributed by atoms with Gasteiger partial charge in [-0.25, -0.2) is 18.1 Å². The number of hydrogen-bond donors (Lipinski definition) is 1. The fourth-order valence-corrected chi connectivity index (χ4v) is 6.79. The van der Waals surface area contributed by atoms with Gasteiger partial charge in [0.15, 0.2) is 27.0 Å². The molecule has 2 aromatic heterocycles. The first-order valence-electron chi connectivity index (χ1n) is 13.0. The van der Waals surface area contributed by atoms with E-state index in [9.17, 15) is 13.2 Å². The summed E-state index contributed by atoms with van der Waals surface area (Å²) in [4.78, 5) is 18.5. The van der Waals surface area contributed by atoms with Gasteiger partial charge in [0.05, 0.1) is 61.2 Å². The lowest BCUT2D eigenvalue weighted by Gasteiger charge is -2.13. The van der Waals surface area contributed by atoms with Gasteiger partial charge in [0.2, 0.25) is 0 Å². The molecule has 0 radical (unpaired) electrons. The lowest BCUT2D eigenvalue weighted by atomic mass is 10.0. The van der Waals surface area contributed by atoms with Crippen LogP contribution in [0.5, 0.6) is 17.2 Å². The zero-order valence-corrected chi connectivity index (χ0v) is 23.7. The third-order valence-electron chi connectivity index (χ3n) is 7.15. The highest BCUT2D eigenvalue weighted by Crippen LogP contribution is 2.33. The number of aryl methyl sites for hydroxylation is 1. The second-order valence-electron chi connectivity index (χ2n) is 9.77. The van der Waals surface area contributed by atoms with Crippen molar-refractivity contribution in [1.82, 2.24) is 20.1 Å². The van der Waals surface area contributed by atoms with Crippen molar-refractivity contribution in [2.45, 2.75) is 25.8 Å². The van der Waals surface area contributed by atoms with E-state index >= 15 is 0 Å². The molecule has 3 heterocycles. The van der Waals surface area contributed by atoms with Gasteiger partial charge in [0.1, 0.15) is 5.75 Å². The van der Waals surface area contributed by atoms with Gasteiger partial charge in [-0.15, -0.1) is 0 Å². The van der Waals surface area contributed by atoms with Crippen molar-refractivity contribution in [2.75, 3.05) is 39.4 Å². The van der Waals surface area contributed by atoms with E-state index in [-0.39, 0.29) is 23.5 Å². The van der Waals surface area contributed by atoms with Crippen LogP contribution in [0.1, 0.15) is 34.1 Å². The average Bonchev–Trinajstić information content (AvgIpc) is 3.50. The number of carbonyl (C=O) groups is 1. The fraction of sp³-hybridized carbons (Fsp3) is 0.345. The number of carbonyl (C=O) groups excluding carboxylic acids is 1. The lowest BCUT2D eigenvalue weighted by molar-refractivity contribution is 0.0955. The van der Waals surface area contributed by atoms with Crippen LogP contribution in [-0.4, -0.2) is 68.5 Å². The Morgan fingerprint density at radius 3 is 2.55 bits per heavy atom. The number of fused-ring (bicyclic) bond motifs is 1. The van der Waals surface area contributed by atoms with Gasteiger partial charge in [0.25, 0.3) is 5.91 Å². The zero-order valence-electron chi connectivity index (χ0n) is 22.9. The Morgan fingerprint density at radius 1 is 1.05 bits per heavy atom. The van der Waals surface area contributed by atoms with Crippen LogP contribution >= 0.6 is 0 Å². The van der Waals surface area contributed by atoms with Crippen LogP contribution in [0.25, 0.3) is 22.3 Å². The Hall–Kier alpha value is -4.12. The summed E-state index contributed by atoms with van der Waals surface area (Å²) in [6, 6.07) is 14.5. The first-order chi connectivity index (χ1) is 19.2. The normalized spacial score (nSPS) is 16.1. The van der Waals surface area contributed by atoms with Gasteiger partial charge in [-0.1, -0.05) is 18.2 Å². The van der Waals surface area contributed by atoms with Crippen LogP contribution in [0.15, 0.2) is 48.5 Å². The van der Waals surface area contributed by atoms with Crippen molar-refractivity contribution in [3.63, 3.8) is 0 Å². The number of nitrogens with zero attached hydrogens (tertiary/aromatic N) is 3. The van der Waals surface area contributed by atoms with Gasteiger partial charge < -0.3 is 19.5 Å². The summed E-state index contributed by atoms with van der Waals surface area (Å²) < 4.78 is 42.3. The Morgan fingerprint density at radius 2 is 1.85 bits per heavy atom. The standard InChI is InChI=1S/C29H32N4O6S/c1-18-27-23(29(34)30-12-10-19-8-9-25(38-3)26(14-19)39-4)16-24(20-6-5-7-22(15-20)37-2)31-28(27)33(32-18)21-11-13-40(35,36)17-21/h5-9,14-16,21H,10-13,17H2,1-4H3,(H,30,34). The van der Waals surface area contributed by atoms with Crippen molar-refractivity contribution < 1.29 is 27.4 Å². The number of amides is 1. The van der Waals surface area contributed by atoms with E-state index in [1.165, 1.54) is 0 Å². The fourth-order valence-electron chi connectivity index (χ4n) is 5.10. The maximum atomic E-state index is 13.6. The van der Waals surface area contributed by atoms with Gasteiger partial charge in [-0.05, 0) is 55.7 Å². The van der Waals surface area contributed by atoms with Crippen LogP contribution in [0.3, 0.4) is 0 Å². The molecule has 210 valence electrons. The van der Waals surface area contributed by atoms with E-state index in [4.69, 9.17) is 19.2 Å². The monoisotopic (exact) mass is 564 g/mol. The molecule has 1 atom stereocenters. The molecule has 1 aliphatic heterocycles. The molecule has 1 saturated heterocycles. The topological polar surface area (TPSA) is 122 Å². The minimum Gasteiger partial charge on any atom is -0.497 e. The minimum atomic E-state index is -3.15. The molecule has 40 heavy (non-hydrogen) atoms. The molecule has 0 bridgehead atoms. The van der Waals surface area contributed by atoms with E-state index in [2.05, 4.69) is 10.4 Å². The molecule has 5 rings (SSSR count). The first kappa shape index (κ1) is 27.4. The Bertz CT molecular complexity index is 1680. The summed E-state index contributed by atoms with van der Waals surface area (Å²) in [6.45, 7) is 2.20. The van der Waals surface area contributed by atoms with E-state index in [1.807, 2.05) is 49.4 Å². The SMILES string of the molecule is COc1cccc(-c2cc(C(=O)NCCc3ccc(OC)c(OC)c3)c3c(C)nn(C4CCS(=O)(=O)C4)c3n2)c1. The van der Waals surface area contributed by atoms with E-state index in [1.54, 1.807) is 32.1 Å². The number of sulfone groups is 1. The molecule has 1 N–H and O–H groups in total. The molecule has 10 nitrogen and oxygen atoms in total. The number of benzene rings is 2. The van der Waals surface area contributed by atoms with E-state index in [0.29, 0.717) is 64.6 Å². The highest BCUT2D eigenvalue weighted by atomic mass is 32.2. The summed E-state index contributed by atoms with van der Waals surface area (Å²) in [7, 11) is 1.61. The maximum Gasteiger partial charge on any atom is 0.252 e. The number of pyridine rings is 1. The third-order valence-corrected chi connectivity index (χ3v) is 8.90. The molecule has 0 saturated carbocycles. The predicted octanol–water partition coefficient (Wildman–Crippen LogP) is 3.76. The van der Waals surface area contributed by atoms with Gasteiger partial charge >= 0.3 is 0 Å². The predicted molar refractivity (Wildman–Crippen MR) is 152 cm³/mol. The number of hydrogen-bond acceptors (Lipinski definition) is 8. The summed E-state index contributed by atoms with van der Waals surface area (Å²) in [5.74, 6) is 1.77. The summed E-state index contributed by atoms with van der Waals surface area (Å²) in [5.41, 5.74) is 3.86. The number of ether oxygens (including phenoxy) is 3. The molecular formula is C29H32N4O6S. The molecule has 1 unspecified atom stereocenters. The van der Waals surface area contributed by atoms with Crippen molar-refractivity contribution in [3.05, 3.63) is 65.4 Å². The average molecular weight is 565 g/mol. The number of rotatable bonds is 9. The van der Waals surface area contributed by atoms with Crippen LogP contribution < -0.4 is 19.5 Å². The molecule has 1 aliphatic rings. The Kier molecular flexibility index (Phi) is 7.66. The largest absolute Gasteiger partial charge is 0.497 e. The van der Waals surface area contributed by atoms with Gasteiger partial charge in [0, 0.05) is 12.1 Å². The zero-order chi connectivity index (χ0) is 28.4. The van der Waals surface area contributed by atoms with Crippen LogP contribution in [0.2, 0.25) is 0 Å². The molecule has 2 aromatic carbocycles. The van der Waals surface area contributed by atoms with Crippen LogP contribution in [0.4, 0.5) is 0 Å². The van der Waals surface area contributed by atoms with E-state index < -0.39 is 9.84 Å². The van der Waals surface area contributed by atoms with Crippen LogP contribution in [0, 0.1) is 6.92 Å². The first-order valence-corrected chi connectivity index (χ1v) is 14.8. The number of methoxy groups -OCH3 is 3. The second-order valence-corrected chi connectivity index (χ2v) is 12.0. The number of nitrogens with one attached hydrogen (secondary N) is 1. The second kappa shape index (κ2) is 11.2. The third kappa shape index (κ3) is 5.46. The van der Waals surface area contributed by atoms with Crippen molar-refractivity contribution >= 4 is 26.8 Å². The molecule has 1 fully saturated rings. The summed E-state index contributed by atoms with van der Waals surface area (Å²) in [5, 5.41) is 8.31. The summed E-state index contributed by atoms with van der Waals surface area (Å²) in [6.07, 6.45) is 1.04. The molecular weight excluding hydrogens is 532 g/mol. The smallest absolute Gasteiger partial charge is 0.252 e. The van der Waals surface area contributed by atoms with Crippen molar-refractivity contribution in [1.29, 1.82) is 0 Å². The number of aromatic nitrogens is 3. The lowest BCUT2D eigenvalue weighted by Crippen LogP contribution is -2.26. The highest BCUT2D eigenvalue weighted by molar-refractivity contribution is 7.91. The molecule has 0 aliphatic carbocycles. The molecule has 0 spiro atoms. The Labute approximate surface area is 233 Å².